The van der Waals surface area contributed by atoms with Crippen LogP contribution in [0.5, 0.6) is 0 Å². The zero-order valence-electron chi connectivity index (χ0n) is 11.0. The molecule has 0 aromatic heterocycles. The predicted octanol–water partition coefficient (Wildman–Crippen LogP) is 0.863. The number of aliphatic hydroxyl groups is 1. The molecule has 1 saturated carbocycles. The first-order valence-corrected chi connectivity index (χ1v) is 6.97. The maximum absolute atomic E-state index is 12.4. The van der Waals surface area contributed by atoms with Gasteiger partial charge >= 0.3 is 0 Å². The van der Waals surface area contributed by atoms with Crippen LogP contribution in [0.25, 0.3) is 0 Å². The van der Waals surface area contributed by atoms with Crippen molar-refractivity contribution < 1.29 is 9.90 Å². The van der Waals surface area contributed by atoms with E-state index in [1.807, 2.05) is 6.92 Å². The SMILES string of the molecule is CCC1=NN(C2CCCCC2O)C(=O)C1CCN. The van der Waals surface area contributed by atoms with Crippen molar-refractivity contribution >= 4 is 11.6 Å². The molecular weight excluding hydrogens is 230 g/mol. The lowest BCUT2D eigenvalue weighted by atomic mass is 9.91. The van der Waals surface area contributed by atoms with Crippen LogP contribution in [0, 0.1) is 5.92 Å². The molecule has 0 radical (unpaired) electrons. The molecule has 2 aliphatic rings. The number of hydrogen-bond donors (Lipinski definition) is 2. The van der Waals surface area contributed by atoms with Gasteiger partial charge in [-0.1, -0.05) is 19.8 Å². The Labute approximate surface area is 108 Å². The lowest BCUT2D eigenvalue weighted by molar-refractivity contribution is -0.137. The molecule has 0 aromatic carbocycles. The van der Waals surface area contributed by atoms with E-state index in [1.165, 1.54) is 0 Å². The Bertz CT molecular complexity index is 343. The number of nitrogens with zero attached hydrogens (tertiary/aromatic N) is 2. The van der Waals surface area contributed by atoms with Crippen molar-refractivity contribution in [2.24, 2.45) is 16.8 Å². The minimum atomic E-state index is -0.429. The van der Waals surface area contributed by atoms with Gasteiger partial charge in [-0.05, 0) is 32.2 Å². The van der Waals surface area contributed by atoms with Gasteiger partial charge in [0.25, 0.3) is 5.91 Å². The van der Waals surface area contributed by atoms with Crippen LogP contribution in [0.1, 0.15) is 45.4 Å². The van der Waals surface area contributed by atoms with E-state index < -0.39 is 6.10 Å². The van der Waals surface area contributed by atoms with Crippen molar-refractivity contribution in [3.05, 3.63) is 0 Å². The van der Waals surface area contributed by atoms with Crippen LogP contribution in [-0.2, 0) is 4.79 Å². The Morgan fingerprint density at radius 2 is 2.17 bits per heavy atom. The Kier molecular flexibility index (Phi) is 4.35. The third-order valence-corrected chi connectivity index (χ3v) is 3.99. The van der Waals surface area contributed by atoms with Crippen molar-refractivity contribution in [3.8, 4) is 0 Å². The van der Waals surface area contributed by atoms with Crippen LogP contribution in [-0.4, -0.2) is 40.4 Å². The summed E-state index contributed by atoms with van der Waals surface area (Å²) in [5, 5.41) is 16.0. The molecule has 102 valence electrons. The first kappa shape index (κ1) is 13.5. The second-order valence-electron chi connectivity index (χ2n) is 5.18. The van der Waals surface area contributed by atoms with E-state index in [0.717, 1.165) is 37.8 Å². The molecule has 0 bridgehead atoms. The van der Waals surface area contributed by atoms with Crippen LogP contribution in [0.15, 0.2) is 5.10 Å². The second-order valence-corrected chi connectivity index (χ2v) is 5.18. The van der Waals surface area contributed by atoms with Gasteiger partial charge in [0.05, 0.1) is 23.8 Å². The molecule has 1 aliphatic heterocycles. The molecule has 1 fully saturated rings. The molecule has 1 amide bonds. The van der Waals surface area contributed by atoms with Gasteiger partial charge in [-0.25, -0.2) is 5.01 Å². The molecule has 5 nitrogen and oxygen atoms in total. The Morgan fingerprint density at radius 1 is 1.44 bits per heavy atom. The standard InChI is InChI=1S/C13H23N3O2/c1-2-10-9(7-8-14)13(18)16(15-10)11-5-3-4-6-12(11)17/h9,11-12,17H,2-8,14H2,1H3. The maximum Gasteiger partial charge on any atom is 0.251 e. The Balaban J connectivity index is 2.13. The van der Waals surface area contributed by atoms with Crippen LogP contribution in [0.3, 0.4) is 0 Å². The number of hydrogen-bond acceptors (Lipinski definition) is 4. The molecule has 3 unspecified atom stereocenters. The van der Waals surface area contributed by atoms with Crippen LogP contribution >= 0.6 is 0 Å². The molecule has 3 atom stereocenters. The van der Waals surface area contributed by atoms with Gasteiger partial charge in [0.2, 0.25) is 0 Å². The fraction of sp³-hybridized carbons (Fsp3) is 0.846. The van der Waals surface area contributed by atoms with Crippen LogP contribution < -0.4 is 5.73 Å². The summed E-state index contributed by atoms with van der Waals surface area (Å²) >= 11 is 0. The first-order chi connectivity index (χ1) is 8.69. The number of hydrazone groups is 1. The van der Waals surface area contributed by atoms with Crippen molar-refractivity contribution in [1.29, 1.82) is 0 Å². The van der Waals surface area contributed by atoms with Gasteiger partial charge in [0.1, 0.15) is 0 Å². The third-order valence-electron chi connectivity index (χ3n) is 3.99. The van der Waals surface area contributed by atoms with Crippen LogP contribution in [0.4, 0.5) is 0 Å². The number of carbonyl (C=O) groups is 1. The van der Waals surface area contributed by atoms with E-state index in [1.54, 1.807) is 5.01 Å². The summed E-state index contributed by atoms with van der Waals surface area (Å²) in [5.41, 5.74) is 6.48. The van der Waals surface area contributed by atoms with Crippen molar-refractivity contribution in [2.75, 3.05) is 6.54 Å². The zero-order chi connectivity index (χ0) is 13.1. The molecule has 3 N–H and O–H groups in total. The number of carbonyl (C=O) groups excluding carboxylic acids is 1. The highest BCUT2D eigenvalue weighted by Gasteiger charge is 2.40. The summed E-state index contributed by atoms with van der Waals surface area (Å²) in [4.78, 5) is 12.4. The molecular formula is C13H23N3O2. The molecule has 5 heteroatoms. The number of rotatable bonds is 4. The zero-order valence-corrected chi connectivity index (χ0v) is 11.0. The molecule has 0 saturated heterocycles. The average Bonchev–Trinajstić information content (AvgIpc) is 2.68. The smallest absolute Gasteiger partial charge is 0.251 e. The second kappa shape index (κ2) is 5.80. The summed E-state index contributed by atoms with van der Waals surface area (Å²) < 4.78 is 0. The Morgan fingerprint density at radius 3 is 2.78 bits per heavy atom. The molecule has 0 spiro atoms. The number of aliphatic hydroxyl groups excluding tert-OH is 1. The minimum absolute atomic E-state index is 0.0308. The van der Waals surface area contributed by atoms with Gasteiger partial charge in [0, 0.05) is 0 Å². The molecule has 18 heavy (non-hydrogen) atoms. The van der Waals surface area contributed by atoms with E-state index in [-0.39, 0.29) is 17.9 Å². The summed E-state index contributed by atoms with van der Waals surface area (Å²) in [6.07, 6.45) is 4.72. The van der Waals surface area contributed by atoms with Gasteiger partial charge in [0.15, 0.2) is 0 Å². The predicted molar refractivity (Wildman–Crippen MR) is 70.0 cm³/mol. The Hall–Kier alpha value is -0.940. The fourth-order valence-electron chi connectivity index (χ4n) is 2.95. The summed E-state index contributed by atoms with van der Waals surface area (Å²) in [6.45, 7) is 2.51. The van der Waals surface area contributed by atoms with E-state index in [0.29, 0.717) is 13.0 Å². The fourth-order valence-corrected chi connectivity index (χ4v) is 2.95. The van der Waals surface area contributed by atoms with Crippen molar-refractivity contribution in [3.63, 3.8) is 0 Å². The largest absolute Gasteiger partial charge is 0.391 e. The topological polar surface area (TPSA) is 78.9 Å². The van der Waals surface area contributed by atoms with E-state index in [4.69, 9.17) is 5.73 Å². The number of nitrogens with two attached hydrogens (primary N) is 1. The van der Waals surface area contributed by atoms with Gasteiger partial charge in [-0.15, -0.1) is 0 Å². The first-order valence-electron chi connectivity index (χ1n) is 6.97. The summed E-state index contributed by atoms with van der Waals surface area (Å²) in [5.74, 6) is -0.127. The lowest BCUT2D eigenvalue weighted by Crippen LogP contribution is -2.45. The average molecular weight is 253 g/mol. The van der Waals surface area contributed by atoms with E-state index >= 15 is 0 Å². The molecule has 1 heterocycles. The monoisotopic (exact) mass is 253 g/mol. The molecule has 2 rings (SSSR count). The quantitative estimate of drug-likeness (QED) is 0.780. The minimum Gasteiger partial charge on any atom is -0.391 e. The molecule has 0 aromatic rings. The highest BCUT2D eigenvalue weighted by molar-refractivity contribution is 6.08. The lowest BCUT2D eigenvalue weighted by Gasteiger charge is -2.32. The maximum atomic E-state index is 12.4. The summed E-state index contributed by atoms with van der Waals surface area (Å²) in [7, 11) is 0. The van der Waals surface area contributed by atoms with Crippen molar-refractivity contribution in [1.82, 2.24) is 5.01 Å². The summed E-state index contributed by atoms with van der Waals surface area (Å²) in [6, 6.07) is -0.129. The van der Waals surface area contributed by atoms with Gasteiger partial charge in [-0.2, -0.15) is 5.10 Å². The normalized spacial score (nSPS) is 32.8. The van der Waals surface area contributed by atoms with Crippen molar-refractivity contribution in [2.45, 2.75) is 57.6 Å². The van der Waals surface area contributed by atoms with Gasteiger partial charge < -0.3 is 10.8 Å². The highest BCUT2D eigenvalue weighted by Crippen LogP contribution is 2.29. The van der Waals surface area contributed by atoms with Crippen LogP contribution in [0.2, 0.25) is 0 Å². The van der Waals surface area contributed by atoms with Gasteiger partial charge in [-0.3, -0.25) is 4.79 Å². The molecule has 1 aliphatic carbocycles. The third kappa shape index (κ3) is 2.42. The van der Waals surface area contributed by atoms with E-state index in [9.17, 15) is 9.90 Å². The number of amides is 1. The highest BCUT2D eigenvalue weighted by atomic mass is 16.3. The van der Waals surface area contributed by atoms with E-state index in [2.05, 4.69) is 5.10 Å².